The molecule has 3 aromatic heterocycles. The predicted molar refractivity (Wildman–Crippen MR) is 132 cm³/mol. The fourth-order valence-electron chi connectivity index (χ4n) is 4.42. The fourth-order valence-corrected chi connectivity index (χ4v) is 7.54. The van der Waals surface area contributed by atoms with E-state index in [1.165, 1.54) is 0 Å². The van der Waals surface area contributed by atoms with E-state index in [1.807, 2.05) is 91.0 Å². The predicted octanol–water partition coefficient (Wildman–Crippen LogP) is 4.97. The summed E-state index contributed by atoms with van der Waals surface area (Å²) in [7, 11) is -3.40. The van der Waals surface area contributed by atoms with Crippen molar-refractivity contribution in [2.24, 2.45) is 0 Å². The molecule has 0 unspecified atom stereocenters. The first-order valence-corrected chi connectivity index (χ1v) is 12.1. The summed E-state index contributed by atoms with van der Waals surface area (Å²) in [6.07, 6.45) is 5.25. The molecule has 0 amide bonds. The van der Waals surface area contributed by atoms with Crippen LogP contribution in [0.25, 0.3) is 32.7 Å². The van der Waals surface area contributed by atoms with Gasteiger partial charge in [0.1, 0.15) is 0 Å². The first-order valence-electron chi connectivity index (χ1n) is 10.4. The second kappa shape index (κ2) is 7.37. The molecule has 0 radical (unpaired) electrons. The summed E-state index contributed by atoms with van der Waals surface area (Å²) in [5, 5.41) is 4.95. The van der Waals surface area contributed by atoms with E-state index in [4.69, 9.17) is 0 Å². The molecule has 0 bridgehead atoms. The zero-order valence-electron chi connectivity index (χ0n) is 17.1. The number of rotatable bonds is 3. The van der Waals surface area contributed by atoms with Gasteiger partial charge in [0.25, 0.3) is 0 Å². The van der Waals surface area contributed by atoms with Gasteiger partial charge in [-0.1, -0.05) is 54.6 Å². The Bertz CT molecular complexity index is 1470. The Morgan fingerprint density at radius 2 is 0.750 bits per heavy atom. The van der Waals surface area contributed by atoms with Crippen LogP contribution in [0.3, 0.4) is 0 Å². The lowest BCUT2D eigenvalue weighted by Crippen LogP contribution is -2.27. The first-order chi connectivity index (χ1) is 15.8. The molecule has 152 valence electrons. The average Bonchev–Trinajstić information content (AvgIpc) is 2.87. The van der Waals surface area contributed by atoms with Gasteiger partial charge in [0.2, 0.25) is 0 Å². The third-order valence-electron chi connectivity index (χ3n) is 5.85. The zero-order valence-corrected chi connectivity index (χ0v) is 18.0. The van der Waals surface area contributed by atoms with Crippen molar-refractivity contribution in [2.45, 2.75) is 0 Å². The Balaban J connectivity index is 1.82. The van der Waals surface area contributed by atoms with Crippen molar-refractivity contribution in [3.8, 4) is 0 Å². The number of hydrogen-bond donors (Lipinski definition) is 0. The molecule has 0 atom stereocenters. The van der Waals surface area contributed by atoms with Gasteiger partial charge in [-0.15, -0.1) is 0 Å². The van der Waals surface area contributed by atoms with Crippen LogP contribution in [0, 0.1) is 0 Å². The van der Waals surface area contributed by atoms with Gasteiger partial charge in [-0.25, -0.2) is 0 Å². The molecule has 0 aliphatic rings. The van der Waals surface area contributed by atoms with E-state index < -0.39 is 7.14 Å². The van der Waals surface area contributed by atoms with Crippen LogP contribution in [0.5, 0.6) is 0 Å². The van der Waals surface area contributed by atoms with Crippen molar-refractivity contribution in [1.29, 1.82) is 0 Å². The largest absolute Gasteiger partial charge is 0.308 e. The number of pyridine rings is 3. The van der Waals surface area contributed by atoms with Crippen LogP contribution in [-0.2, 0) is 4.57 Å². The maximum atomic E-state index is 15.5. The van der Waals surface area contributed by atoms with Gasteiger partial charge in [0, 0.05) is 50.7 Å². The van der Waals surface area contributed by atoms with Gasteiger partial charge in [0.05, 0.1) is 16.6 Å². The molecule has 0 aliphatic carbocycles. The monoisotopic (exact) mass is 431 g/mol. The molecule has 0 spiro atoms. The smallest absolute Gasteiger partial charge is 0.177 e. The lowest BCUT2D eigenvalue weighted by atomic mass is 10.2. The summed E-state index contributed by atoms with van der Waals surface area (Å²) in [5.41, 5.74) is 2.21. The number of benzene rings is 3. The maximum Gasteiger partial charge on any atom is 0.177 e. The first kappa shape index (κ1) is 18.9. The van der Waals surface area contributed by atoms with Crippen LogP contribution in [0.15, 0.2) is 110 Å². The molecule has 4 nitrogen and oxygen atoms in total. The van der Waals surface area contributed by atoms with Gasteiger partial charge in [0.15, 0.2) is 7.14 Å². The van der Waals surface area contributed by atoms with E-state index in [0.29, 0.717) is 15.9 Å². The van der Waals surface area contributed by atoms with Crippen molar-refractivity contribution in [1.82, 2.24) is 15.0 Å². The van der Waals surface area contributed by atoms with E-state index in [0.717, 1.165) is 32.7 Å². The normalized spacial score (nSPS) is 11.9. The highest BCUT2D eigenvalue weighted by Crippen LogP contribution is 2.46. The van der Waals surface area contributed by atoms with Crippen molar-refractivity contribution < 1.29 is 4.57 Å². The minimum atomic E-state index is -3.40. The summed E-state index contributed by atoms with van der Waals surface area (Å²) in [4.78, 5) is 13.9. The number of hydrogen-bond acceptors (Lipinski definition) is 4. The molecule has 0 saturated heterocycles. The Morgan fingerprint density at radius 1 is 0.438 bits per heavy atom. The molecule has 0 fully saturated rings. The van der Waals surface area contributed by atoms with E-state index in [-0.39, 0.29) is 0 Å². The maximum absolute atomic E-state index is 15.5. The fraction of sp³-hybridized carbons (Fsp3) is 0. The molecule has 6 rings (SSSR count). The molecule has 3 aromatic carbocycles. The lowest BCUT2D eigenvalue weighted by Gasteiger charge is -2.23. The second-order valence-electron chi connectivity index (χ2n) is 7.67. The molecule has 0 N–H and O–H groups in total. The lowest BCUT2D eigenvalue weighted by molar-refractivity contribution is 0.593. The molecule has 0 aliphatic heterocycles. The average molecular weight is 431 g/mol. The van der Waals surface area contributed by atoms with E-state index in [1.54, 1.807) is 18.6 Å². The summed E-state index contributed by atoms with van der Waals surface area (Å²) < 4.78 is 15.5. The Hall–Kier alpha value is -3.88. The quantitative estimate of drug-likeness (QED) is 0.371. The van der Waals surface area contributed by atoms with Gasteiger partial charge in [-0.3, -0.25) is 15.0 Å². The van der Waals surface area contributed by atoms with E-state index >= 15 is 4.57 Å². The SMILES string of the molecule is O=P(c1cccc2cccnc12)(c1cccc2cccnc12)c1cccc2cccnc12. The van der Waals surface area contributed by atoms with Crippen LogP contribution in [0.1, 0.15) is 0 Å². The Labute approximate surface area is 185 Å². The highest BCUT2D eigenvalue weighted by atomic mass is 31.2. The molecule has 3 heterocycles. The standard InChI is InChI=1S/C27H18N3OP/c31-32(22-13-1-7-19-10-4-16-28-25(19)22,23-14-2-8-20-11-5-17-29-26(20)23)24-15-3-9-21-12-6-18-30-27(21)24/h1-18H. The topological polar surface area (TPSA) is 55.7 Å². The molecule has 6 aromatic rings. The highest BCUT2D eigenvalue weighted by molar-refractivity contribution is 7.86. The second-order valence-corrected chi connectivity index (χ2v) is 10.3. The molecule has 5 heteroatoms. The van der Waals surface area contributed by atoms with Crippen molar-refractivity contribution >= 4 is 55.8 Å². The van der Waals surface area contributed by atoms with Gasteiger partial charge >= 0.3 is 0 Å². The summed E-state index contributed by atoms with van der Waals surface area (Å²) in [6.45, 7) is 0. The number of aromatic nitrogens is 3. The Kier molecular flexibility index (Phi) is 4.34. The van der Waals surface area contributed by atoms with Crippen molar-refractivity contribution in [3.63, 3.8) is 0 Å². The third kappa shape index (κ3) is 2.77. The van der Waals surface area contributed by atoms with E-state index in [2.05, 4.69) is 15.0 Å². The van der Waals surface area contributed by atoms with Crippen LogP contribution in [-0.4, -0.2) is 15.0 Å². The third-order valence-corrected chi connectivity index (χ3v) is 8.97. The minimum absolute atomic E-state index is 0.701. The van der Waals surface area contributed by atoms with Crippen LogP contribution >= 0.6 is 7.14 Å². The van der Waals surface area contributed by atoms with Crippen LogP contribution < -0.4 is 15.9 Å². The van der Waals surface area contributed by atoms with Crippen LogP contribution in [0.4, 0.5) is 0 Å². The molecular formula is C27H18N3OP. The highest BCUT2D eigenvalue weighted by Gasteiger charge is 2.35. The molecular weight excluding hydrogens is 413 g/mol. The van der Waals surface area contributed by atoms with Crippen molar-refractivity contribution in [2.75, 3.05) is 0 Å². The molecule has 32 heavy (non-hydrogen) atoms. The number of fused-ring (bicyclic) bond motifs is 3. The summed E-state index contributed by atoms with van der Waals surface area (Å²) in [6, 6.07) is 29.3. The number of para-hydroxylation sites is 3. The van der Waals surface area contributed by atoms with Gasteiger partial charge < -0.3 is 4.57 Å². The van der Waals surface area contributed by atoms with E-state index in [9.17, 15) is 0 Å². The van der Waals surface area contributed by atoms with Crippen molar-refractivity contribution in [3.05, 3.63) is 110 Å². The zero-order chi connectivity index (χ0) is 21.5. The summed E-state index contributed by atoms with van der Waals surface area (Å²) in [5.74, 6) is 0. The summed E-state index contributed by atoms with van der Waals surface area (Å²) >= 11 is 0. The molecule has 0 saturated carbocycles. The Morgan fingerprint density at radius 3 is 1.09 bits per heavy atom. The minimum Gasteiger partial charge on any atom is -0.308 e. The van der Waals surface area contributed by atoms with Crippen LogP contribution in [0.2, 0.25) is 0 Å². The number of nitrogens with zero attached hydrogens (tertiary/aromatic N) is 3. The van der Waals surface area contributed by atoms with Gasteiger partial charge in [-0.2, -0.15) is 0 Å². The van der Waals surface area contributed by atoms with Gasteiger partial charge in [-0.05, 0) is 36.4 Å².